The number of aromatic nitrogens is 3. The fraction of sp³-hybridized carbons (Fsp3) is 0.333. The van der Waals surface area contributed by atoms with Gasteiger partial charge in [-0.2, -0.15) is 9.61 Å². The van der Waals surface area contributed by atoms with Gasteiger partial charge in [-0.25, -0.2) is 4.98 Å². The minimum Gasteiger partial charge on any atom is -0.378 e. The van der Waals surface area contributed by atoms with Gasteiger partial charge in [0.2, 0.25) is 0 Å². The van der Waals surface area contributed by atoms with Gasteiger partial charge in [-0.1, -0.05) is 12.1 Å². The lowest BCUT2D eigenvalue weighted by Crippen LogP contribution is -2.08. The van der Waals surface area contributed by atoms with Crippen molar-refractivity contribution in [2.75, 3.05) is 30.9 Å². The van der Waals surface area contributed by atoms with Gasteiger partial charge in [-0.15, -0.1) is 0 Å². The summed E-state index contributed by atoms with van der Waals surface area (Å²) in [7, 11) is 4.10. The molecule has 4 rings (SSSR count). The van der Waals surface area contributed by atoms with E-state index < -0.39 is 0 Å². The van der Waals surface area contributed by atoms with Crippen molar-refractivity contribution < 1.29 is 0 Å². The molecular formula is C18H21N5. The molecule has 0 bridgehead atoms. The van der Waals surface area contributed by atoms with E-state index in [-0.39, 0.29) is 0 Å². The lowest BCUT2D eigenvalue weighted by molar-refractivity contribution is 0.856. The quantitative estimate of drug-likeness (QED) is 0.785. The fourth-order valence-corrected chi connectivity index (χ4v) is 2.75. The normalized spacial score (nSPS) is 14.2. The van der Waals surface area contributed by atoms with Crippen molar-refractivity contribution >= 4 is 17.2 Å². The highest BCUT2D eigenvalue weighted by Gasteiger charge is 2.21. The summed E-state index contributed by atoms with van der Waals surface area (Å²) in [4.78, 5) is 6.64. The largest absolute Gasteiger partial charge is 0.378 e. The Labute approximate surface area is 136 Å². The van der Waals surface area contributed by atoms with Crippen LogP contribution in [0.5, 0.6) is 0 Å². The van der Waals surface area contributed by atoms with E-state index in [4.69, 9.17) is 0 Å². The molecule has 0 radical (unpaired) electrons. The SMILES string of the molecule is CN(C)c1cccc(-c2cnn3c(NCC4CC4)ccnc23)c1. The first-order valence-corrected chi connectivity index (χ1v) is 8.07. The topological polar surface area (TPSA) is 45.5 Å². The van der Waals surface area contributed by atoms with Crippen molar-refractivity contribution in [3.05, 3.63) is 42.7 Å². The summed E-state index contributed by atoms with van der Waals surface area (Å²) in [6.07, 6.45) is 6.43. The third kappa shape index (κ3) is 2.74. The molecule has 5 heteroatoms. The number of nitrogens with one attached hydrogen (secondary N) is 1. The smallest absolute Gasteiger partial charge is 0.165 e. The Hall–Kier alpha value is -2.56. The zero-order chi connectivity index (χ0) is 15.8. The van der Waals surface area contributed by atoms with E-state index in [1.807, 2.05) is 37.1 Å². The number of hydrogen-bond acceptors (Lipinski definition) is 4. The van der Waals surface area contributed by atoms with Crippen LogP contribution in [-0.2, 0) is 0 Å². The molecule has 2 aromatic heterocycles. The van der Waals surface area contributed by atoms with Gasteiger partial charge in [0.1, 0.15) is 5.82 Å². The summed E-state index contributed by atoms with van der Waals surface area (Å²) in [5.74, 6) is 1.84. The predicted molar refractivity (Wildman–Crippen MR) is 94.0 cm³/mol. The van der Waals surface area contributed by atoms with Gasteiger partial charge in [0.25, 0.3) is 0 Å². The first-order valence-electron chi connectivity index (χ1n) is 8.07. The van der Waals surface area contributed by atoms with Gasteiger partial charge in [-0.3, -0.25) is 0 Å². The van der Waals surface area contributed by atoms with Crippen molar-refractivity contribution in [2.45, 2.75) is 12.8 Å². The molecule has 0 atom stereocenters. The van der Waals surface area contributed by atoms with Gasteiger partial charge in [0.05, 0.1) is 6.20 Å². The van der Waals surface area contributed by atoms with Crippen LogP contribution < -0.4 is 10.2 Å². The molecule has 1 aromatic carbocycles. The molecule has 2 heterocycles. The summed E-state index contributed by atoms with van der Waals surface area (Å²) in [5.41, 5.74) is 4.26. The Bertz CT molecular complexity index is 832. The monoisotopic (exact) mass is 307 g/mol. The Balaban J connectivity index is 1.73. The van der Waals surface area contributed by atoms with Crippen LogP contribution in [0.1, 0.15) is 12.8 Å². The highest BCUT2D eigenvalue weighted by Crippen LogP contribution is 2.30. The molecule has 0 amide bonds. The van der Waals surface area contributed by atoms with Crippen LogP contribution in [0.15, 0.2) is 42.7 Å². The molecule has 3 aromatic rings. The fourth-order valence-electron chi connectivity index (χ4n) is 2.75. The zero-order valence-corrected chi connectivity index (χ0v) is 13.5. The van der Waals surface area contributed by atoms with E-state index in [9.17, 15) is 0 Å². The van der Waals surface area contributed by atoms with Crippen LogP contribution in [0, 0.1) is 5.92 Å². The maximum absolute atomic E-state index is 4.55. The van der Waals surface area contributed by atoms with Gasteiger partial charge in [0.15, 0.2) is 5.65 Å². The summed E-state index contributed by atoms with van der Waals surface area (Å²) < 4.78 is 1.90. The third-order valence-electron chi connectivity index (χ3n) is 4.34. The van der Waals surface area contributed by atoms with E-state index in [2.05, 4.69) is 44.6 Å². The third-order valence-corrected chi connectivity index (χ3v) is 4.34. The molecule has 1 aliphatic rings. The molecule has 118 valence electrons. The van der Waals surface area contributed by atoms with Crippen molar-refractivity contribution in [1.82, 2.24) is 14.6 Å². The Morgan fingerprint density at radius 2 is 2.13 bits per heavy atom. The van der Waals surface area contributed by atoms with E-state index in [1.165, 1.54) is 18.5 Å². The molecule has 1 aliphatic carbocycles. The van der Waals surface area contributed by atoms with Gasteiger partial charge in [-0.05, 0) is 42.5 Å². The second-order valence-corrected chi connectivity index (χ2v) is 6.39. The summed E-state index contributed by atoms with van der Waals surface area (Å²) >= 11 is 0. The Morgan fingerprint density at radius 1 is 1.26 bits per heavy atom. The van der Waals surface area contributed by atoms with Crippen molar-refractivity contribution in [2.24, 2.45) is 5.92 Å². The van der Waals surface area contributed by atoms with Gasteiger partial charge >= 0.3 is 0 Å². The second-order valence-electron chi connectivity index (χ2n) is 6.39. The van der Waals surface area contributed by atoms with Crippen LogP contribution in [0.2, 0.25) is 0 Å². The molecule has 1 saturated carbocycles. The second kappa shape index (κ2) is 5.57. The molecule has 1 fully saturated rings. The lowest BCUT2D eigenvalue weighted by atomic mass is 10.1. The van der Waals surface area contributed by atoms with Gasteiger partial charge in [0, 0.05) is 38.1 Å². The van der Waals surface area contributed by atoms with Crippen LogP contribution >= 0.6 is 0 Å². The number of anilines is 2. The number of fused-ring (bicyclic) bond motifs is 1. The number of hydrogen-bond donors (Lipinski definition) is 1. The first kappa shape index (κ1) is 14.1. The molecule has 0 saturated heterocycles. The van der Waals surface area contributed by atoms with E-state index >= 15 is 0 Å². The van der Waals surface area contributed by atoms with E-state index in [1.54, 1.807) is 0 Å². The molecule has 0 spiro atoms. The average molecular weight is 307 g/mol. The van der Waals surface area contributed by atoms with Crippen LogP contribution in [0.25, 0.3) is 16.8 Å². The highest BCUT2D eigenvalue weighted by molar-refractivity contribution is 5.79. The number of rotatable bonds is 5. The maximum Gasteiger partial charge on any atom is 0.165 e. The van der Waals surface area contributed by atoms with Crippen LogP contribution in [0.4, 0.5) is 11.5 Å². The van der Waals surface area contributed by atoms with Crippen LogP contribution in [0.3, 0.4) is 0 Å². The lowest BCUT2D eigenvalue weighted by Gasteiger charge is -2.13. The number of benzene rings is 1. The standard InChI is InChI=1S/C18H21N5/c1-22(2)15-5-3-4-14(10-15)16-12-21-23-17(8-9-19-18(16)23)20-11-13-6-7-13/h3-5,8-10,12-13,20H,6-7,11H2,1-2H3. The molecule has 23 heavy (non-hydrogen) atoms. The van der Waals surface area contributed by atoms with E-state index in [0.717, 1.165) is 35.1 Å². The van der Waals surface area contributed by atoms with E-state index in [0.29, 0.717) is 0 Å². The van der Waals surface area contributed by atoms with Crippen molar-refractivity contribution in [1.29, 1.82) is 0 Å². The van der Waals surface area contributed by atoms with Crippen LogP contribution in [-0.4, -0.2) is 35.2 Å². The summed E-state index contributed by atoms with van der Waals surface area (Å²) in [6, 6.07) is 10.4. The van der Waals surface area contributed by atoms with Crippen molar-refractivity contribution in [3.8, 4) is 11.1 Å². The minimum absolute atomic E-state index is 0.824. The molecule has 0 aliphatic heterocycles. The zero-order valence-electron chi connectivity index (χ0n) is 13.5. The molecule has 5 nitrogen and oxygen atoms in total. The Morgan fingerprint density at radius 3 is 2.91 bits per heavy atom. The maximum atomic E-state index is 4.55. The number of nitrogens with zero attached hydrogens (tertiary/aromatic N) is 4. The summed E-state index contributed by atoms with van der Waals surface area (Å²) in [6.45, 7) is 1.02. The molecular weight excluding hydrogens is 286 g/mol. The molecule has 1 N–H and O–H groups in total. The summed E-state index contributed by atoms with van der Waals surface area (Å²) in [5, 5.41) is 8.04. The average Bonchev–Trinajstić information content (AvgIpc) is 3.30. The van der Waals surface area contributed by atoms with Gasteiger partial charge < -0.3 is 10.2 Å². The predicted octanol–water partition coefficient (Wildman–Crippen LogP) is 3.28. The minimum atomic E-state index is 0.824. The molecule has 0 unspecified atom stereocenters. The van der Waals surface area contributed by atoms with Crippen molar-refractivity contribution in [3.63, 3.8) is 0 Å². The Kier molecular flexibility index (Phi) is 3.41. The first-order chi connectivity index (χ1) is 11.2. The highest BCUT2D eigenvalue weighted by atomic mass is 15.3.